The highest BCUT2D eigenvalue weighted by atomic mass is 16.7. The van der Waals surface area contributed by atoms with Gasteiger partial charge in [-0.15, -0.1) is 0 Å². The minimum atomic E-state index is -0.146. The molecule has 0 spiro atoms. The third-order valence-electron chi connectivity index (χ3n) is 2.09. The summed E-state index contributed by atoms with van der Waals surface area (Å²) in [6.07, 6.45) is 0.989. The first-order valence-corrected chi connectivity index (χ1v) is 5.65. The zero-order valence-electron chi connectivity index (χ0n) is 11.0. The monoisotopic (exact) mass is 218 g/mol. The van der Waals surface area contributed by atoms with Gasteiger partial charge in [0.15, 0.2) is 6.29 Å². The van der Waals surface area contributed by atoms with E-state index in [4.69, 9.17) is 14.2 Å². The second-order valence-electron chi connectivity index (χ2n) is 4.98. The molecule has 3 heteroatoms. The molecule has 92 valence electrons. The second kappa shape index (κ2) is 7.20. The Hall–Kier alpha value is -0.120. The normalized spacial score (nSPS) is 16.4. The van der Waals surface area contributed by atoms with Crippen molar-refractivity contribution in [2.24, 2.45) is 5.41 Å². The van der Waals surface area contributed by atoms with Gasteiger partial charge < -0.3 is 14.2 Å². The van der Waals surface area contributed by atoms with Crippen molar-refractivity contribution in [1.29, 1.82) is 0 Å². The smallest absolute Gasteiger partial charge is 0.154 e. The molecular weight excluding hydrogens is 192 g/mol. The van der Waals surface area contributed by atoms with Crippen LogP contribution in [0.4, 0.5) is 0 Å². The van der Waals surface area contributed by atoms with E-state index in [2.05, 4.69) is 20.8 Å². The van der Waals surface area contributed by atoms with E-state index in [1.165, 1.54) is 0 Å². The van der Waals surface area contributed by atoms with Crippen molar-refractivity contribution in [1.82, 2.24) is 0 Å². The Balaban J connectivity index is 3.80. The molecule has 0 fully saturated rings. The van der Waals surface area contributed by atoms with E-state index in [0.717, 1.165) is 6.42 Å². The maximum Gasteiger partial charge on any atom is 0.154 e. The van der Waals surface area contributed by atoms with Crippen LogP contribution >= 0.6 is 0 Å². The van der Waals surface area contributed by atoms with Gasteiger partial charge in [0.05, 0.1) is 12.7 Å². The molecule has 0 amide bonds. The highest BCUT2D eigenvalue weighted by Crippen LogP contribution is 2.22. The number of hydrogen-bond donors (Lipinski definition) is 0. The molecule has 0 aromatic heterocycles. The highest BCUT2D eigenvalue weighted by Gasteiger charge is 2.19. The zero-order valence-corrected chi connectivity index (χ0v) is 11.0. The topological polar surface area (TPSA) is 27.7 Å². The van der Waals surface area contributed by atoms with Gasteiger partial charge in [-0.25, -0.2) is 0 Å². The van der Waals surface area contributed by atoms with E-state index in [9.17, 15) is 0 Å². The number of ether oxygens (including phenoxy) is 3. The van der Waals surface area contributed by atoms with Gasteiger partial charge in [-0.1, -0.05) is 20.8 Å². The molecule has 0 saturated heterocycles. The largest absolute Gasteiger partial charge is 0.379 e. The fourth-order valence-electron chi connectivity index (χ4n) is 1.42. The van der Waals surface area contributed by atoms with Crippen LogP contribution in [0.2, 0.25) is 0 Å². The zero-order chi connectivity index (χ0) is 11.9. The lowest BCUT2D eigenvalue weighted by Crippen LogP contribution is -2.27. The van der Waals surface area contributed by atoms with Crippen molar-refractivity contribution in [3.05, 3.63) is 0 Å². The Morgan fingerprint density at radius 2 is 1.73 bits per heavy atom. The molecule has 0 aliphatic heterocycles. The molecule has 15 heavy (non-hydrogen) atoms. The van der Waals surface area contributed by atoms with Crippen LogP contribution in [-0.2, 0) is 14.2 Å². The molecule has 2 atom stereocenters. The van der Waals surface area contributed by atoms with Crippen molar-refractivity contribution in [3.63, 3.8) is 0 Å². The lowest BCUT2D eigenvalue weighted by atomic mass is 9.89. The molecule has 0 rings (SSSR count). The maximum absolute atomic E-state index is 5.53. The van der Waals surface area contributed by atoms with Crippen molar-refractivity contribution in [2.45, 2.75) is 53.4 Å². The summed E-state index contributed by atoms with van der Waals surface area (Å²) in [6, 6.07) is 0. The summed E-state index contributed by atoms with van der Waals surface area (Å²) in [4.78, 5) is 0. The summed E-state index contributed by atoms with van der Waals surface area (Å²) in [5.41, 5.74) is 0.263. The van der Waals surface area contributed by atoms with Crippen molar-refractivity contribution in [2.75, 3.05) is 20.3 Å². The van der Waals surface area contributed by atoms with Gasteiger partial charge in [0.2, 0.25) is 0 Å². The van der Waals surface area contributed by atoms with Gasteiger partial charge >= 0.3 is 0 Å². The fraction of sp³-hybridized carbons (Fsp3) is 1.00. The van der Waals surface area contributed by atoms with E-state index in [1.807, 2.05) is 13.8 Å². The molecule has 0 N–H and O–H groups in total. The summed E-state index contributed by atoms with van der Waals surface area (Å²) < 4.78 is 16.2. The van der Waals surface area contributed by atoms with Gasteiger partial charge in [-0.3, -0.25) is 0 Å². The predicted octanol–water partition coefficient (Wildman–Crippen LogP) is 2.84. The summed E-state index contributed by atoms with van der Waals surface area (Å²) in [6.45, 7) is 11.7. The number of methoxy groups -OCH3 is 1. The fourth-order valence-corrected chi connectivity index (χ4v) is 1.42. The third-order valence-corrected chi connectivity index (χ3v) is 2.09. The molecule has 0 saturated carbocycles. The van der Waals surface area contributed by atoms with Gasteiger partial charge in [0.1, 0.15) is 0 Å². The minimum Gasteiger partial charge on any atom is -0.379 e. The SMILES string of the molecule is CCOC(C)OCC(CC(C)(C)C)OC. The second-order valence-corrected chi connectivity index (χ2v) is 4.98. The predicted molar refractivity (Wildman–Crippen MR) is 61.9 cm³/mol. The van der Waals surface area contributed by atoms with Gasteiger partial charge in [0.25, 0.3) is 0 Å². The summed E-state index contributed by atoms with van der Waals surface area (Å²) in [5.74, 6) is 0. The van der Waals surface area contributed by atoms with Gasteiger partial charge in [-0.2, -0.15) is 0 Å². The number of rotatable bonds is 7. The average Bonchev–Trinajstić information content (AvgIpc) is 2.11. The van der Waals surface area contributed by atoms with Crippen LogP contribution in [0.15, 0.2) is 0 Å². The number of hydrogen-bond acceptors (Lipinski definition) is 3. The van der Waals surface area contributed by atoms with Crippen LogP contribution in [0.5, 0.6) is 0 Å². The molecule has 2 unspecified atom stereocenters. The molecule has 0 aliphatic carbocycles. The molecule has 0 aromatic carbocycles. The molecule has 3 nitrogen and oxygen atoms in total. The first-order valence-electron chi connectivity index (χ1n) is 5.65. The maximum atomic E-state index is 5.53. The quantitative estimate of drug-likeness (QED) is 0.615. The molecule has 0 aliphatic rings. The Morgan fingerprint density at radius 3 is 2.13 bits per heavy atom. The third kappa shape index (κ3) is 8.85. The summed E-state index contributed by atoms with van der Waals surface area (Å²) in [5, 5.41) is 0. The summed E-state index contributed by atoms with van der Waals surface area (Å²) in [7, 11) is 1.73. The van der Waals surface area contributed by atoms with Crippen LogP contribution in [0.1, 0.15) is 41.0 Å². The van der Waals surface area contributed by atoms with Gasteiger partial charge in [0, 0.05) is 13.7 Å². The molecule has 0 bridgehead atoms. The Kier molecular flexibility index (Phi) is 7.14. The first kappa shape index (κ1) is 14.9. The van der Waals surface area contributed by atoms with E-state index >= 15 is 0 Å². The Bertz CT molecular complexity index is 151. The van der Waals surface area contributed by atoms with Gasteiger partial charge in [-0.05, 0) is 25.7 Å². The lowest BCUT2D eigenvalue weighted by Gasteiger charge is -2.25. The molecular formula is C12H26O3. The Morgan fingerprint density at radius 1 is 1.13 bits per heavy atom. The van der Waals surface area contributed by atoms with Crippen molar-refractivity contribution >= 4 is 0 Å². The van der Waals surface area contributed by atoms with E-state index < -0.39 is 0 Å². The minimum absolute atomic E-state index is 0.146. The van der Waals surface area contributed by atoms with Crippen LogP contribution < -0.4 is 0 Å². The Labute approximate surface area is 94.1 Å². The molecule has 0 aromatic rings. The van der Waals surface area contributed by atoms with E-state index in [-0.39, 0.29) is 17.8 Å². The lowest BCUT2D eigenvalue weighted by molar-refractivity contribution is -0.150. The molecule has 0 radical (unpaired) electrons. The van der Waals surface area contributed by atoms with Crippen LogP contribution in [-0.4, -0.2) is 32.7 Å². The highest BCUT2D eigenvalue weighted by molar-refractivity contribution is 4.68. The van der Waals surface area contributed by atoms with Crippen LogP contribution in [0.3, 0.4) is 0 Å². The van der Waals surface area contributed by atoms with Crippen molar-refractivity contribution in [3.8, 4) is 0 Å². The van der Waals surface area contributed by atoms with Crippen LogP contribution in [0.25, 0.3) is 0 Å². The van der Waals surface area contributed by atoms with Crippen molar-refractivity contribution < 1.29 is 14.2 Å². The van der Waals surface area contributed by atoms with E-state index in [1.54, 1.807) is 7.11 Å². The van der Waals surface area contributed by atoms with Crippen LogP contribution in [0, 0.1) is 5.41 Å². The van der Waals surface area contributed by atoms with E-state index in [0.29, 0.717) is 13.2 Å². The molecule has 0 heterocycles. The average molecular weight is 218 g/mol. The standard InChI is InChI=1S/C12H26O3/c1-7-14-10(2)15-9-11(13-6)8-12(3,4)5/h10-11H,7-9H2,1-6H3. The first-order chi connectivity index (χ1) is 6.89. The summed E-state index contributed by atoms with van der Waals surface area (Å²) >= 11 is 0.